The molecule has 6 nitrogen and oxygen atoms in total. The first kappa shape index (κ1) is 20.4. The minimum absolute atomic E-state index is 0. The van der Waals surface area contributed by atoms with Crippen LogP contribution in [-0.4, -0.2) is 33.8 Å². The number of nitrogens with one attached hydrogen (secondary N) is 1. The zero-order valence-electron chi connectivity index (χ0n) is 13.4. The monoisotopic (exact) mass is 421 g/mol. The minimum Gasteiger partial charge on any atom is -0.496 e. The molecule has 0 bridgehead atoms. The Morgan fingerprint density at radius 1 is 1.18 bits per heavy atom. The van der Waals surface area contributed by atoms with Crippen LogP contribution in [0.15, 0.2) is 29.3 Å². The van der Waals surface area contributed by atoms with Crippen molar-refractivity contribution in [3.05, 3.63) is 29.8 Å². The summed E-state index contributed by atoms with van der Waals surface area (Å²) in [7, 11) is 4.76. The van der Waals surface area contributed by atoms with E-state index < -0.39 is 0 Å². The fourth-order valence-electron chi connectivity index (χ4n) is 1.70. The Morgan fingerprint density at radius 3 is 2.14 bits per heavy atom. The van der Waals surface area contributed by atoms with Gasteiger partial charge < -0.3 is 25.3 Å². The van der Waals surface area contributed by atoms with Crippen molar-refractivity contribution >= 4 is 29.9 Å². The highest BCUT2D eigenvalue weighted by Gasteiger charge is 2.12. The summed E-state index contributed by atoms with van der Waals surface area (Å²) in [6.45, 7) is 6.63. The molecule has 1 aromatic rings. The Morgan fingerprint density at radius 2 is 1.73 bits per heavy atom. The van der Waals surface area contributed by atoms with Gasteiger partial charge in [-0.15, -0.1) is 24.0 Å². The second-order valence-electron chi connectivity index (χ2n) is 4.52. The molecule has 0 spiro atoms. The Hall–Kier alpha value is -1.64. The number of nitrogens with zero attached hydrogens (tertiary/aromatic N) is 1. The van der Waals surface area contributed by atoms with E-state index in [1.807, 2.05) is 6.92 Å². The van der Waals surface area contributed by atoms with Crippen LogP contribution in [0.25, 0.3) is 0 Å². The van der Waals surface area contributed by atoms with E-state index in [1.54, 1.807) is 33.5 Å². The number of methoxy groups -OCH3 is 3. The van der Waals surface area contributed by atoms with Crippen molar-refractivity contribution in [2.24, 2.45) is 10.7 Å². The number of ether oxygens (including phenoxy) is 3. The predicted molar refractivity (Wildman–Crippen MR) is 99.7 cm³/mol. The summed E-state index contributed by atoms with van der Waals surface area (Å²) in [5.74, 6) is 2.29. The van der Waals surface area contributed by atoms with Gasteiger partial charge in [-0.2, -0.15) is 0 Å². The molecule has 0 aromatic heterocycles. The second kappa shape index (κ2) is 10.1. The maximum absolute atomic E-state index is 5.80. The molecule has 22 heavy (non-hydrogen) atoms. The van der Waals surface area contributed by atoms with Crippen molar-refractivity contribution in [3.63, 3.8) is 0 Å². The van der Waals surface area contributed by atoms with E-state index >= 15 is 0 Å². The van der Waals surface area contributed by atoms with Crippen LogP contribution in [0.3, 0.4) is 0 Å². The molecule has 0 saturated carbocycles. The van der Waals surface area contributed by atoms with Gasteiger partial charge in [0.25, 0.3) is 0 Å². The molecule has 1 aromatic carbocycles. The van der Waals surface area contributed by atoms with Crippen molar-refractivity contribution in [1.29, 1.82) is 0 Å². The quantitative estimate of drug-likeness (QED) is 0.306. The van der Waals surface area contributed by atoms with Crippen LogP contribution in [-0.2, 0) is 6.54 Å². The molecule has 0 unspecified atom stereocenters. The molecule has 0 heterocycles. The Balaban J connectivity index is 0.00000441. The average Bonchev–Trinajstić information content (AvgIpc) is 2.49. The van der Waals surface area contributed by atoms with Gasteiger partial charge in [-0.3, -0.25) is 0 Å². The van der Waals surface area contributed by atoms with E-state index in [1.165, 1.54) is 0 Å². The Labute approximate surface area is 148 Å². The smallest absolute Gasteiger partial charge is 0.189 e. The molecule has 0 amide bonds. The number of benzene rings is 1. The molecule has 0 aliphatic rings. The van der Waals surface area contributed by atoms with E-state index in [-0.39, 0.29) is 24.0 Å². The molecule has 124 valence electrons. The summed E-state index contributed by atoms with van der Waals surface area (Å²) in [6.07, 6.45) is 0. The van der Waals surface area contributed by atoms with E-state index in [0.717, 1.165) is 11.1 Å². The van der Waals surface area contributed by atoms with Gasteiger partial charge in [-0.25, -0.2) is 4.99 Å². The molecule has 0 saturated heterocycles. The van der Waals surface area contributed by atoms with Gasteiger partial charge in [0.1, 0.15) is 17.2 Å². The summed E-state index contributed by atoms with van der Waals surface area (Å²) in [6, 6.07) is 3.57. The van der Waals surface area contributed by atoms with Crippen LogP contribution in [0.4, 0.5) is 0 Å². The molecular formula is C15H24IN3O3. The topological polar surface area (TPSA) is 78.1 Å². The molecule has 0 aliphatic carbocycles. The SMILES string of the molecule is C=C(C)CNC(N)=NCc1c(OC)cc(OC)cc1OC.I. The van der Waals surface area contributed by atoms with Gasteiger partial charge in [0.05, 0.1) is 33.4 Å². The average molecular weight is 421 g/mol. The van der Waals surface area contributed by atoms with E-state index in [2.05, 4.69) is 16.9 Å². The van der Waals surface area contributed by atoms with Crippen molar-refractivity contribution in [3.8, 4) is 17.2 Å². The molecule has 3 N–H and O–H groups in total. The van der Waals surface area contributed by atoms with E-state index in [4.69, 9.17) is 19.9 Å². The zero-order valence-corrected chi connectivity index (χ0v) is 15.8. The van der Waals surface area contributed by atoms with Crippen molar-refractivity contribution in [2.45, 2.75) is 13.5 Å². The Kier molecular flexibility index (Phi) is 9.39. The number of guanidine groups is 1. The molecule has 7 heteroatoms. The third-order valence-corrected chi connectivity index (χ3v) is 2.80. The minimum atomic E-state index is 0. The number of halogens is 1. The third-order valence-electron chi connectivity index (χ3n) is 2.80. The van der Waals surface area contributed by atoms with Crippen LogP contribution < -0.4 is 25.3 Å². The lowest BCUT2D eigenvalue weighted by Gasteiger charge is -2.14. The fourth-order valence-corrected chi connectivity index (χ4v) is 1.70. The second-order valence-corrected chi connectivity index (χ2v) is 4.52. The summed E-state index contributed by atoms with van der Waals surface area (Å²) in [4.78, 5) is 4.28. The van der Waals surface area contributed by atoms with Gasteiger partial charge >= 0.3 is 0 Å². The molecule has 1 rings (SSSR count). The highest BCUT2D eigenvalue weighted by atomic mass is 127. The first-order chi connectivity index (χ1) is 10.0. The number of hydrogen-bond acceptors (Lipinski definition) is 4. The van der Waals surface area contributed by atoms with Crippen molar-refractivity contribution < 1.29 is 14.2 Å². The maximum atomic E-state index is 5.80. The standard InChI is InChI=1S/C15H23N3O3.HI/c1-10(2)8-17-15(16)18-9-12-13(20-4)6-11(19-3)7-14(12)21-5;/h6-7H,1,8-9H2,2-5H3,(H3,16,17,18);1H. The predicted octanol–water partition coefficient (Wildman–Crippen LogP) is 2.31. The third kappa shape index (κ3) is 6.00. The van der Waals surface area contributed by atoms with Crippen LogP contribution in [0.2, 0.25) is 0 Å². The number of nitrogens with two attached hydrogens (primary N) is 1. The first-order valence-electron chi connectivity index (χ1n) is 6.48. The largest absolute Gasteiger partial charge is 0.496 e. The van der Waals surface area contributed by atoms with Gasteiger partial charge in [0.15, 0.2) is 5.96 Å². The summed E-state index contributed by atoms with van der Waals surface area (Å²) in [5, 5.41) is 2.97. The molecule has 0 fully saturated rings. The van der Waals surface area contributed by atoms with Crippen LogP contribution in [0, 0.1) is 0 Å². The summed E-state index contributed by atoms with van der Waals surface area (Å²) >= 11 is 0. The fraction of sp³-hybridized carbons (Fsp3) is 0.400. The molecule has 0 aliphatic heterocycles. The van der Waals surface area contributed by atoms with E-state index in [9.17, 15) is 0 Å². The highest BCUT2D eigenvalue weighted by Crippen LogP contribution is 2.34. The number of hydrogen-bond donors (Lipinski definition) is 2. The van der Waals surface area contributed by atoms with Gasteiger partial charge in [-0.1, -0.05) is 12.2 Å². The van der Waals surface area contributed by atoms with Crippen molar-refractivity contribution in [2.75, 3.05) is 27.9 Å². The van der Waals surface area contributed by atoms with Crippen molar-refractivity contribution in [1.82, 2.24) is 5.32 Å². The molecule has 0 atom stereocenters. The molecule has 0 radical (unpaired) electrons. The van der Waals surface area contributed by atoms with Crippen LogP contribution in [0.1, 0.15) is 12.5 Å². The van der Waals surface area contributed by atoms with Gasteiger partial charge in [0, 0.05) is 18.7 Å². The van der Waals surface area contributed by atoms with Gasteiger partial charge in [0.2, 0.25) is 0 Å². The molecular weight excluding hydrogens is 397 g/mol. The lowest BCUT2D eigenvalue weighted by Crippen LogP contribution is -2.32. The summed E-state index contributed by atoms with van der Waals surface area (Å²) in [5.41, 5.74) is 7.59. The van der Waals surface area contributed by atoms with Gasteiger partial charge in [-0.05, 0) is 6.92 Å². The van der Waals surface area contributed by atoms with Crippen LogP contribution in [0.5, 0.6) is 17.2 Å². The normalized spacial score (nSPS) is 10.5. The Bertz CT molecular complexity index is 508. The lowest BCUT2D eigenvalue weighted by molar-refractivity contribution is 0.369. The lowest BCUT2D eigenvalue weighted by atomic mass is 10.1. The maximum Gasteiger partial charge on any atom is 0.189 e. The zero-order chi connectivity index (χ0) is 15.8. The summed E-state index contributed by atoms with van der Waals surface area (Å²) < 4.78 is 15.9. The highest BCUT2D eigenvalue weighted by molar-refractivity contribution is 14.0. The number of aliphatic imine (C=N–C) groups is 1. The van der Waals surface area contributed by atoms with E-state index in [0.29, 0.717) is 36.3 Å². The number of rotatable bonds is 7. The first-order valence-corrected chi connectivity index (χ1v) is 6.48. The van der Waals surface area contributed by atoms with Crippen LogP contribution >= 0.6 is 24.0 Å².